The molecule has 1 heterocycles. The van der Waals surface area contributed by atoms with Crippen molar-refractivity contribution in [3.63, 3.8) is 0 Å². The molecule has 0 fully saturated rings. The van der Waals surface area contributed by atoms with Crippen LogP contribution in [-0.4, -0.2) is 35.2 Å². The van der Waals surface area contributed by atoms with Crippen LogP contribution in [-0.2, 0) is 6.54 Å². The van der Waals surface area contributed by atoms with Crippen LogP contribution >= 0.6 is 0 Å². The number of hydrogen-bond donors (Lipinski definition) is 0. The van der Waals surface area contributed by atoms with Gasteiger partial charge in [-0.05, 0) is 19.1 Å². The Balaban J connectivity index is 2.51. The molecule has 0 aliphatic heterocycles. The number of hydrogen-bond acceptors (Lipinski definition) is 4. The van der Waals surface area contributed by atoms with E-state index in [-0.39, 0.29) is 11.6 Å². The maximum Gasteiger partial charge on any atom is 0.408 e. The lowest BCUT2D eigenvalue weighted by atomic mass is 10.1. The van der Waals surface area contributed by atoms with Crippen molar-refractivity contribution in [2.75, 3.05) is 14.2 Å². The molecule has 0 saturated carbocycles. The van der Waals surface area contributed by atoms with Crippen LogP contribution in [0.2, 0.25) is 0 Å². The molecule has 0 aliphatic carbocycles. The largest absolute Gasteiger partial charge is 0.497 e. The van der Waals surface area contributed by atoms with Crippen LogP contribution in [0.25, 0.3) is 11.4 Å². The molecule has 8 heteroatoms. The molecule has 1 aromatic heterocycles. The lowest BCUT2D eigenvalue weighted by Gasteiger charge is -2.12. The molecule has 0 unspecified atom stereocenters. The van der Waals surface area contributed by atoms with Crippen molar-refractivity contribution >= 4 is 0 Å². The number of halogens is 3. The van der Waals surface area contributed by atoms with E-state index in [2.05, 4.69) is 10.1 Å². The first-order valence-corrected chi connectivity index (χ1v) is 6.04. The highest BCUT2D eigenvalue weighted by molar-refractivity contribution is 5.66. The monoisotopic (exact) mass is 301 g/mol. The van der Waals surface area contributed by atoms with E-state index in [1.54, 1.807) is 18.2 Å². The molecule has 2 rings (SSSR count). The standard InChI is InChI=1S/C13H14F3N3O2/c1-8-17-12(19(18-8)7-13(14,15)16)10-5-4-9(20-2)6-11(10)21-3/h4-6H,7H2,1-3H3. The van der Waals surface area contributed by atoms with E-state index >= 15 is 0 Å². The SMILES string of the molecule is COc1ccc(-c2nc(C)nn2CC(F)(F)F)c(OC)c1. The van der Waals surface area contributed by atoms with Gasteiger partial charge in [0.2, 0.25) is 0 Å². The van der Waals surface area contributed by atoms with E-state index in [0.717, 1.165) is 4.68 Å². The third-order valence-corrected chi connectivity index (χ3v) is 2.76. The molecule has 0 saturated heterocycles. The molecular formula is C13H14F3N3O2. The Labute approximate surface area is 119 Å². The average molecular weight is 301 g/mol. The smallest absolute Gasteiger partial charge is 0.408 e. The first kappa shape index (κ1) is 15.1. The van der Waals surface area contributed by atoms with Gasteiger partial charge in [-0.1, -0.05) is 0 Å². The highest BCUT2D eigenvalue weighted by Gasteiger charge is 2.31. The molecule has 1 aromatic carbocycles. The predicted octanol–water partition coefficient (Wildman–Crippen LogP) is 2.83. The fourth-order valence-electron chi connectivity index (χ4n) is 1.92. The summed E-state index contributed by atoms with van der Waals surface area (Å²) in [5.41, 5.74) is 0.420. The topological polar surface area (TPSA) is 49.2 Å². The van der Waals surface area contributed by atoms with Gasteiger partial charge < -0.3 is 9.47 Å². The molecule has 0 N–H and O–H groups in total. The van der Waals surface area contributed by atoms with Crippen molar-refractivity contribution in [2.24, 2.45) is 0 Å². The number of nitrogens with zero attached hydrogens (tertiary/aromatic N) is 3. The molecule has 0 amide bonds. The Bertz CT molecular complexity index is 638. The maximum absolute atomic E-state index is 12.6. The van der Waals surface area contributed by atoms with Gasteiger partial charge in [-0.3, -0.25) is 0 Å². The van der Waals surface area contributed by atoms with Gasteiger partial charge in [-0.25, -0.2) is 9.67 Å². The number of benzene rings is 1. The minimum atomic E-state index is -4.38. The number of aromatic nitrogens is 3. The van der Waals surface area contributed by atoms with Crippen LogP contribution < -0.4 is 9.47 Å². The van der Waals surface area contributed by atoms with E-state index in [0.29, 0.717) is 17.1 Å². The van der Waals surface area contributed by atoms with E-state index in [4.69, 9.17) is 9.47 Å². The van der Waals surface area contributed by atoms with Gasteiger partial charge in [0.1, 0.15) is 23.9 Å². The van der Waals surface area contributed by atoms with Crippen LogP contribution in [0, 0.1) is 6.92 Å². The summed E-state index contributed by atoms with van der Waals surface area (Å²) in [6.07, 6.45) is -4.38. The second-order valence-electron chi connectivity index (χ2n) is 4.32. The summed E-state index contributed by atoms with van der Waals surface area (Å²) >= 11 is 0. The summed E-state index contributed by atoms with van der Waals surface area (Å²) in [7, 11) is 2.92. The Morgan fingerprint density at radius 1 is 1.19 bits per heavy atom. The third-order valence-electron chi connectivity index (χ3n) is 2.76. The summed E-state index contributed by atoms with van der Waals surface area (Å²) in [6.45, 7) is 0.324. The predicted molar refractivity (Wildman–Crippen MR) is 69.4 cm³/mol. The number of aryl methyl sites for hydroxylation is 1. The van der Waals surface area contributed by atoms with Crippen LogP contribution in [0.5, 0.6) is 11.5 Å². The third kappa shape index (κ3) is 3.45. The van der Waals surface area contributed by atoms with Crippen LogP contribution in [0.4, 0.5) is 13.2 Å². The van der Waals surface area contributed by atoms with Gasteiger partial charge in [0.05, 0.1) is 19.8 Å². The molecule has 0 atom stereocenters. The van der Waals surface area contributed by atoms with Gasteiger partial charge in [0.15, 0.2) is 5.82 Å². The van der Waals surface area contributed by atoms with E-state index in [1.165, 1.54) is 21.1 Å². The quantitative estimate of drug-likeness (QED) is 0.871. The van der Waals surface area contributed by atoms with Gasteiger partial charge in [-0.2, -0.15) is 18.3 Å². The summed E-state index contributed by atoms with van der Waals surface area (Å²) in [5, 5.41) is 3.79. The van der Waals surface area contributed by atoms with Gasteiger partial charge in [0.25, 0.3) is 0 Å². The van der Waals surface area contributed by atoms with Crippen LogP contribution in [0.3, 0.4) is 0 Å². The first-order chi connectivity index (χ1) is 9.84. The van der Waals surface area contributed by atoms with Crippen molar-refractivity contribution in [3.05, 3.63) is 24.0 Å². The van der Waals surface area contributed by atoms with Gasteiger partial charge >= 0.3 is 6.18 Å². The van der Waals surface area contributed by atoms with E-state index < -0.39 is 12.7 Å². The highest BCUT2D eigenvalue weighted by Crippen LogP contribution is 2.33. The highest BCUT2D eigenvalue weighted by atomic mass is 19.4. The van der Waals surface area contributed by atoms with Crippen LogP contribution in [0.15, 0.2) is 18.2 Å². The van der Waals surface area contributed by atoms with Crippen molar-refractivity contribution in [2.45, 2.75) is 19.6 Å². The Morgan fingerprint density at radius 2 is 1.90 bits per heavy atom. The average Bonchev–Trinajstić information content (AvgIpc) is 2.76. The van der Waals surface area contributed by atoms with Crippen molar-refractivity contribution in [1.82, 2.24) is 14.8 Å². The first-order valence-electron chi connectivity index (χ1n) is 6.04. The maximum atomic E-state index is 12.6. The summed E-state index contributed by atoms with van der Waals surface area (Å²) in [5.74, 6) is 1.26. The van der Waals surface area contributed by atoms with Crippen molar-refractivity contribution < 1.29 is 22.6 Å². The van der Waals surface area contributed by atoms with Crippen molar-refractivity contribution in [3.8, 4) is 22.9 Å². The second kappa shape index (κ2) is 5.63. The fourth-order valence-corrected chi connectivity index (χ4v) is 1.92. The van der Waals surface area contributed by atoms with E-state index in [1.807, 2.05) is 0 Å². The molecule has 0 bridgehead atoms. The lowest BCUT2D eigenvalue weighted by molar-refractivity contribution is -0.142. The normalized spacial score (nSPS) is 11.5. The molecule has 0 radical (unpaired) electrons. The van der Waals surface area contributed by atoms with Crippen molar-refractivity contribution in [1.29, 1.82) is 0 Å². The number of rotatable bonds is 4. The molecule has 114 valence electrons. The second-order valence-corrected chi connectivity index (χ2v) is 4.32. The minimum Gasteiger partial charge on any atom is -0.497 e. The molecule has 5 nitrogen and oxygen atoms in total. The number of ether oxygens (including phenoxy) is 2. The molecule has 0 aliphatic rings. The summed E-state index contributed by atoms with van der Waals surface area (Å²) < 4.78 is 48.9. The zero-order chi connectivity index (χ0) is 15.6. The Kier molecular flexibility index (Phi) is 4.06. The minimum absolute atomic E-state index is 0.101. The zero-order valence-electron chi connectivity index (χ0n) is 11.7. The summed E-state index contributed by atoms with van der Waals surface area (Å²) in [6, 6.07) is 4.80. The molecular weight excluding hydrogens is 287 g/mol. The van der Waals surface area contributed by atoms with Crippen LogP contribution in [0.1, 0.15) is 5.82 Å². The Morgan fingerprint density at radius 3 is 2.48 bits per heavy atom. The number of methoxy groups -OCH3 is 2. The fraction of sp³-hybridized carbons (Fsp3) is 0.385. The zero-order valence-corrected chi connectivity index (χ0v) is 11.7. The van der Waals surface area contributed by atoms with Gasteiger partial charge in [-0.15, -0.1) is 0 Å². The number of alkyl halides is 3. The lowest BCUT2D eigenvalue weighted by Crippen LogP contribution is -2.19. The molecule has 2 aromatic rings. The summed E-state index contributed by atoms with van der Waals surface area (Å²) in [4.78, 5) is 4.06. The molecule has 0 spiro atoms. The van der Waals surface area contributed by atoms with E-state index in [9.17, 15) is 13.2 Å². The molecule has 21 heavy (non-hydrogen) atoms. The Hall–Kier alpha value is -2.25. The van der Waals surface area contributed by atoms with Gasteiger partial charge in [0, 0.05) is 6.07 Å².